The second-order valence-corrected chi connectivity index (χ2v) is 1.90. The highest BCUT2D eigenvalue weighted by Crippen LogP contribution is 2.05. The van der Waals surface area contributed by atoms with Crippen molar-refractivity contribution in [2.24, 2.45) is 0 Å². The molecular weight excluding hydrogens is 126 g/mol. The van der Waals surface area contributed by atoms with Gasteiger partial charge in [-0.15, -0.1) is 0 Å². The lowest BCUT2D eigenvalue weighted by atomic mass is 10.2. The average molecular weight is 139 g/mol. The van der Waals surface area contributed by atoms with Crippen LogP contribution in [-0.2, 0) is 6.42 Å². The summed E-state index contributed by atoms with van der Waals surface area (Å²) in [6, 6.07) is 3.89. The SMILES string of the molecule is CCc1cccnc1N.N. The van der Waals surface area contributed by atoms with Crippen LogP contribution in [0.4, 0.5) is 5.82 Å². The van der Waals surface area contributed by atoms with Gasteiger partial charge in [0.2, 0.25) is 0 Å². The van der Waals surface area contributed by atoms with Gasteiger partial charge in [-0.25, -0.2) is 4.98 Å². The number of nitrogen functional groups attached to an aromatic ring is 1. The Morgan fingerprint density at radius 1 is 1.60 bits per heavy atom. The molecule has 1 aromatic rings. The van der Waals surface area contributed by atoms with Crippen molar-refractivity contribution < 1.29 is 0 Å². The Morgan fingerprint density at radius 2 is 2.30 bits per heavy atom. The van der Waals surface area contributed by atoms with E-state index in [4.69, 9.17) is 5.73 Å². The van der Waals surface area contributed by atoms with Gasteiger partial charge in [-0.3, -0.25) is 0 Å². The molecule has 0 aliphatic rings. The first kappa shape index (κ1) is 8.91. The van der Waals surface area contributed by atoms with Crippen LogP contribution in [-0.4, -0.2) is 4.98 Å². The van der Waals surface area contributed by atoms with Crippen LogP contribution in [0, 0.1) is 0 Å². The lowest BCUT2D eigenvalue weighted by Crippen LogP contribution is -1.94. The average Bonchev–Trinajstić information content (AvgIpc) is 1.89. The molecule has 56 valence electrons. The van der Waals surface area contributed by atoms with E-state index in [2.05, 4.69) is 11.9 Å². The van der Waals surface area contributed by atoms with Crippen molar-refractivity contribution in [1.82, 2.24) is 11.1 Å². The zero-order chi connectivity index (χ0) is 6.69. The van der Waals surface area contributed by atoms with E-state index in [0.717, 1.165) is 12.0 Å². The van der Waals surface area contributed by atoms with Gasteiger partial charge in [0.25, 0.3) is 0 Å². The molecule has 3 heteroatoms. The van der Waals surface area contributed by atoms with Crippen molar-refractivity contribution in [2.45, 2.75) is 13.3 Å². The molecule has 0 amide bonds. The zero-order valence-electron chi connectivity index (χ0n) is 6.17. The van der Waals surface area contributed by atoms with Crippen LogP contribution in [0.2, 0.25) is 0 Å². The molecule has 5 N–H and O–H groups in total. The molecule has 0 fully saturated rings. The fourth-order valence-electron chi connectivity index (χ4n) is 0.750. The summed E-state index contributed by atoms with van der Waals surface area (Å²) in [5.41, 5.74) is 6.64. The molecule has 1 heterocycles. The molecule has 1 aromatic heterocycles. The fraction of sp³-hybridized carbons (Fsp3) is 0.286. The van der Waals surface area contributed by atoms with Gasteiger partial charge < -0.3 is 11.9 Å². The molecule has 0 unspecified atom stereocenters. The quantitative estimate of drug-likeness (QED) is 0.617. The monoisotopic (exact) mass is 139 g/mol. The summed E-state index contributed by atoms with van der Waals surface area (Å²) in [5.74, 6) is 0.653. The molecule has 0 saturated heterocycles. The van der Waals surface area contributed by atoms with Crippen molar-refractivity contribution in [1.29, 1.82) is 0 Å². The Kier molecular flexibility index (Phi) is 3.43. The summed E-state index contributed by atoms with van der Waals surface area (Å²) in [4.78, 5) is 3.93. The Hall–Kier alpha value is -1.09. The second kappa shape index (κ2) is 3.85. The van der Waals surface area contributed by atoms with Crippen LogP contribution in [0.5, 0.6) is 0 Å². The van der Waals surface area contributed by atoms with Gasteiger partial charge in [-0.1, -0.05) is 13.0 Å². The Labute approximate surface area is 60.9 Å². The molecule has 3 nitrogen and oxygen atoms in total. The van der Waals surface area contributed by atoms with E-state index in [9.17, 15) is 0 Å². The highest BCUT2D eigenvalue weighted by Gasteiger charge is 1.91. The Bertz CT molecular complexity index is 198. The Morgan fingerprint density at radius 3 is 2.70 bits per heavy atom. The van der Waals surface area contributed by atoms with Gasteiger partial charge in [0.05, 0.1) is 0 Å². The van der Waals surface area contributed by atoms with Gasteiger partial charge >= 0.3 is 0 Å². The minimum Gasteiger partial charge on any atom is -0.383 e. The first-order valence-corrected chi connectivity index (χ1v) is 3.04. The van der Waals surface area contributed by atoms with Crippen molar-refractivity contribution in [3.63, 3.8) is 0 Å². The number of hydrogen-bond donors (Lipinski definition) is 2. The normalized spacial score (nSPS) is 8.50. The lowest BCUT2D eigenvalue weighted by Gasteiger charge is -1.97. The van der Waals surface area contributed by atoms with Crippen LogP contribution in [0.1, 0.15) is 12.5 Å². The maximum atomic E-state index is 5.52. The van der Waals surface area contributed by atoms with Crippen LogP contribution in [0.25, 0.3) is 0 Å². The van der Waals surface area contributed by atoms with Crippen molar-refractivity contribution in [2.75, 3.05) is 5.73 Å². The summed E-state index contributed by atoms with van der Waals surface area (Å²) >= 11 is 0. The number of nitrogens with two attached hydrogens (primary N) is 1. The van der Waals surface area contributed by atoms with Crippen LogP contribution < -0.4 is 11.9 Å². The highest BCUT2D eigenvalue weighted by molar-refractivity contribution is 5.37. The number of anilines is 1. The smallest absolute Gasteiger partial charge is 0.126 e. The van der Waals surface area contributed by atoms with E-state index >= 15 is 0 Å². The third-order valence-corrected chi connectivity index (χ3v) is 1.31. The maximum absolute atomic E-state index is 5.52. The standard InChI is InChI=1S/C7H10N2.H3N/c1-2-6-4-3-5-9-7(6)8;/h3-5H,2H2,1H3,(H2,8,9);1H3. The zero-order valence-corrected chi connectivity index (χ0v) is 6.17. The second-order valence-electron chi connectivity index (χ2n) is 1.90. The largest absolute Gasteiger partial charge is 0.383 e. The summed E-state index contributed by atoms with van der Waals surface area (Å²) in [6.07, 6.45) is 2.66. The molecule has 10 heavy (non-hydrogen) atoms. The summed E-state index contributed by atoms with van der Waals surface area (Å²) in [5, 5.41) is 0. The van der Waals surface area contributed by atoms with Crippen molar-refractivity contribution in [3.8, 4) is 0 Å². The third-order valence-electron chi connectivity index (χ3n) is 1.31. The van der Waals surface area contributed by atoms with Crippen LogP contribution in [0.3, 0.4) is 0 Å². The van der Waals surface area contributed by atoms with Crippen LogP contribution >= 0.6 is 0 Å². The van der Waals surface area contributed by atoms with Crippen LogP contribution in [0.15, 0.2) is 18.3 Å². The van der Waals surface area contributed by atoms with Gasteiger partial charge in [0.1, 0.15) is 5.82 Å². The number of pyridine rings is 1. The van der Waals surface area contributed by atoms with Gasteiger partial charge in [-0.2, -0.15) is 0 Å². The number of aromatic nitrogens is 1. The van der Waals surface area contributed by atoms with Gasteiger partial charge in [0.15, 0.2) is 0 Å². The first-order chi connectivity index (χ1) is 4.34. The van der Waals surface area contributed by atoms with Gasteiger partial charge in [-0.05, 0) is 18.1 Å². The predicted molar refractivity (Wildman–Crippen MR) is 43.0 cm³/mol. The fourth-order valence-corrected chi connectivity index (χ4v) is 0.750. The third kappa shape index (κ3) is 1.70. The van der Waals surface area contributed by atoms with E-state index in [0.29, 0.717) is 5.82 Å². The molecule has 0 bridgehead atoms. The lowest BCUT2D eigenvalue weighted by molar-refractivity contribution is 1.11. The van der Waals surface area contributed by atoms with E-state index in [1.54, 1.807) is 6.20 Å². The minimum absolute atomic E-state index is 0. The predicted octanol–water partition coefficient (Wildman–Crippen LogP) is 1.39. The number of hydrogen-bond acceptors (Lipinski definition) is 3. The molecule has 1 rings (SSSR count). The van der Waals surface area contributed by atoms with Gasteiger partial charge in [0, 0.05) is 6.20 Å². The number of rotatable bonds is 1. The molecule has 0 aromatic carbocycles. The minimum atomic E-state index is 0. The molecule has 0 atom stereocenters. The Balaban J connectivity index is 0.000000810. The van der Waals surface area contributed by atoms with E-state index in [-0.39, 0.29) is 6.15 Å². The molecule has 0 saturated carbocycles. The van der Waals surface area contributed by atoms with E-state index in [1.165, 1.54) is 0 Å². The van der Waals surface area contributed by atoms with Crippen molar-refractivity contribution >= 4 is 5.82 Å². The topological polar surface area (TPSA) is 73.9 Å². The molecule has 0 aliphatic heterocycles. The number of nitrogens with zero attached hydrogens (tertiary/aromatic N) is 1. The summed E-state index contributed by atoms with van der Waals surface area (Å²) in [6.45, 7) is 2.06. The highest BCUT2D eigenvalue weighted by atomic mass is 14.8. The molecule has 0 spiro atoms. The first-order valence-electron chi connectivity index (χ1n) is 3.04. The van der Waals surface area contributed by atoms with Crippen molar-refractivity contribution in [3.05, 3.63) is 23.9 Å². The van der Waals surface area contributed by atoms with E-state index in [1.807, 2.05) is 12.1 Å². The number of aryl methyl sites for hydroxylation is 1. The molecule has 0 aliphatic carbocycles. The summed E-state index contributed by atoms with van der Waals surface area (Å²) in [7, 11) is 0. The molecular formula is C7H13N3. The maximum Gasteiger partial charge on any atom is 0.126 e. The molecule has 0 radical (unpaired) electrons. The van der Waals surface area contributed by atoms with E-state index < -0.39 is 0 Å². The summed E-state index contributed by atoms with van der Waals surface area (Å²) < 4.78 is 0.